The highest BCUT2D eigenvalue weighted by atomic mass is 32.2. The number of hydrogen-bond acceptors (Lipinski definition) is 4. The molecule has 2 aromatic carbocycles. The number of nitrogens with one attached hydrogen (secondary N) is 1. The first-order chi connectivity index (χ1) is 15.3. The first kappa shape index (κ1) is 26.3. The molecular formula is C24H32FN3O4S. The molecule has 0 heterocycles. The van der Waals surface area contributed by atoms with Gasteiger partial charge in [0.25, 0.3) is 0 Å². The first-order valence-electron chi connectivity index (χ1n) is 10.6. The van der Waals surface area contributed by atoms with Crippen LogP contribution in [0, 0.1) is 5.82 Å². The number of nitrogens with zero attached hydrogens (tertiary/aromatic N) is 2. The van der Waals surface area contributed by atoms with Crippen molar-refractivity contribution in [2.75, 3.05) is 24.2 Å². The van der Waals surface area contributed by atoms with Gasteiger partial charge in [0.05, 0.1) is 11.9 Å². The Hall–Kier alpha value is -2.94. The van der Waals surface area contributed by atoms with Gasteiger partial charge in [0.2, 0.25) is 21.8 Å². The molecule has 0 radical (unpaired) electrons. The van der Waals surface area contributed by atoms with Crippen LogP contribution in [-0.2, 0) is 31.6 Å². The van der Waals surface area contributed by atoms with E-state index in [1.54, 1.807) is 18.2 Å². The number of halogens is 1. The summed E-state index contributed by atoms with van der Waals surface area (Å²) in [5, 5.41) is 2.48. The summed E-state index contributed by atoms with van der Waals surface area (Å²) in [5.74, 6) is -1.59. The van der Waals surface area contributed by atoms with Gasteiger partial charge < -0.3 is 10.2 Å². The number of carbonyl (C=O) groups excluding carboxylic acids is 2. The molecule has 0 aliphatic rings. The second kappa shape index (κ2) is 10.3. The topological polar surface area (TPSA) is 86.8 Å². The molecule has 9 heteroatoms. The molecule has 2 aromatic rings. The Bertz CT molecular complexity index is 1100. The van der Waals surface area contributed by atoms with Crippen molar-refractivity contribution in [3.8, 4) is 0 Å². The number of hydrogen-bond donors (Lipinski definition) is 1. The third-order valence-electron chi connectivity index (χ3n) is 5.41. The van der Waals surface area contributed by atoms with E-state index < -0.39 is 40.2 Å². The Labute approximate surface area is 195 Å². The van der Waals surface area contributed by atoms with E-state index in [1.807, 2.05) is 32.9 Å². The Balaban J connectivity index is 2.40. The fourth-order valence-corrected chi connectivity index (χ4v) is 4.19. The van der Waals surface area contributed by atoms with Gasteiger partial charge in [-0.25, -0.2) is 12.8 Å². The van der Waals surface area contributed by atoms with Crippen molar-refractivity contribution in [2.24, 2.45) is 0 Å². The molecule has 0 saturated carbocycles. The molecule has 0 aromatic heterocycles. The van der Waals surface area contributed by atoms with Gasteiger partial charge in [0.1, 0.15) is 18.4 Å². The molecule has 7 nitrogen and oxygen atoms in total. The Morgan fingerprint density at radius 3 is 2.12 bits per heavy atom. The van der Waals surface area contributed by atoms with Gasteiger partial charge in [-0.3, -0.25) is 13.9 Å². The average molecular weight is 478 g/mol. The second-order valence-electron chi connectivity index (χ2n) is 8.97. The molecule has 0 fully saturated rings. The molecule has 180 valence electrons. The van der Waals surface area contributed by atoms with E-state index in [-0.39, 0.29) is 17.5 Å². The first-order valence-corrected chi connectivity index (χ1v) is 12.4. The third-order valence-corrected chi connectivity index (χ3v) is 6.55. The van der Waals surface area contributed by atoms with Gasteiger partial charge in [-0.15, -0.1) is 0 Å². The average Bonchev–Trinajstić information content (AvgIpc) is 2.74. The van der Waals surface area contributed by atoms with Crippen LogP contribution in [0.15, 0.2) is 48.5 Å². The van der Waals surface area contributed by atoms with Gasteiger partial charge >= 0.3 is 0 Å². The Morgan fingerprint density at radius 2 is 1.64 bits per heavy atom. The number of likely N-dealkylation sites (N-methyl/N-ethyl adjacent to an activating group) is 1. The summed E-state index contributed by atoms with van der Waals surface area (Å²) in [5.41, 5.74) is 1.45. The minimum atomic E-state index is -3.82. The summed E-state index contributed by atoms with van der Waals surface area (Å²) < 4.78 is 40.4. The number of benzene rings is 2. The fourth-order valence-electron chi connectivity index (χ4n) is 3.34. The monoisotopic (exact) mass is 477 g/mol. The van der Waals surface area contributed by atoms with E-state index in [9.17, 15) is 22.4 Å². The predicted molar refractivity (Wildman–Crippen MR) is 128 cm³/mol. The smallest absolute Gasteiger partial charge is 0.244 e. The van der Waals surface area contributed by atoms with Crippen molar-refractivity contribution in [1.82, 2.24) is 10.2 Å². The molecule has 2 rings (SSSR count). The highest BCUT2D eigenvalue weighted by molar-refractivity contribution is 7.92. The van der Waals surface area contributed by atoms with Crippen LogP contribution in [0.25, 0.3) is 0 Å². The molecule has 0 saturated heterocycles. The Kier molecular flexibility index (Phi) is 8.24. The van der Waals surface area contributed by atoms with Crippen molar-refractivity contribution in [3.63, 3.8) is 0 Å². The van der Waals surface area contributed by atoms with Crippen LogP contribution < -0.4 is 9.62 Å². The summed E-state index contributed by atoms with van der Waals surface area (Å²) >= 11 is 0. The SMILES string of the molecule is CNC(=O)C(C)N(Cc1ccccc1F)C(=O)CN(c1ccc(C(C)(C)C)cc1)S(C)(=O)=O. The van der Waals surface area contributed by atoms with Crippen LogP contribution in [0.5, 0.6) is 0 Å². The molecule has 2 amide bonds. The molecule has 0 spiro atoms. The normalized spacial score (nSPS) is 12.7. The van der Waals surface area contributed by atoms with Crippen LogP contribution in [0.4, 0.5) is 10.1 Å². The predicted octanol–water partition coefficient (Wildman–Crippen LogP) is 3.05. The highest BCUT2D eigenvalue weighted by Crippen LogP contribution is 2.26. The van der Waals surface area contributed by atoms with E-state index in [2.05, 4.69) is 5.32 Å². The minimum absolute atomic E-state index is 0.121. The van der Waals surface area contributed by atoms with Crippen LogP contribution in [-0.4, -0.2) is 51.0 Å². The van der Waals surface area contributed by atoms with Crippen LogP contribution in [0.3, 0.4) is 0 Å². The maximum absolute atomic E-state index is 14.3. The fraction of sp³-hybridized carbons (Fsp3) is 0.417. The number of anilines is 1. The van der Waals surface area contributed by atoms with E-state index >= 15 is 0 Å². The summed E-state index contributed by atoms with van der Waals surface area (Å²) in [6, 6.07) is 12.0. The lowest BCUT2D eigenvalue weighted by molar-refractivity contribution is -0.139. The molecule has 0 aliphatic heterocycles. The zero-order valence-corrected chi connectivity index (χ0v) is 20.7. The van der Waals surface area contributed by atoms with Gasteiger partial charge in [-0.2, -0.15) is 0 Å². The number of sulfonamides is 1. The molecule has 1 unspecified atom stereocenters. The molecular weight excluding hydrogens is 445 g/mol. The molecule has 1 atom stereocenters. The number of rotatable bonds is 8. The summed E-state index contributed by atoms with van der Waals surface area (Å²) in [4.78, 5) is 26.8. The van der Waals surface area contributed by atoms with Gasteiger partial charge in [0.15, 0.2) is 0 Å². The van der Waals surface area contributed by atoms with Crippen LogP contribution in [0.2, 0.25) is 0 Å². The van der Waals surface area contributed by atoms with Gasteiger partial charge in [-0.05, 0) is 36.1 Å². The maximum Gasteiger partial charge on any atom is 0.244 e. The van der Waals surface area contributed by atoms with Crippen molar-refractivity contribution < 1.29 is 22.4 Å². The highest BCUT2D eigenvalue weighted by Gasteiger charge is 2.30. The number of amides is 2. The quantitative estimate of drug-likeness (QED) is 0.633. The third kappa shape index (κ3) is 6.77. The summed E-state index contributed by atoms with van der Waals surface area (Å²) in [6.07, 6.45) is 1.02. The van der Waals surface area contributed by atoms with Gasteiger partial charge in [-0.1, -0.05) is 51.1 Å². The molecule has 0 bridgehead atoms. The van der Waals surface area contributed by atoms with Gasteiger partial charge in [0, 0.05) is 19.2 Å². The van der Waals surface area contributed by atoms with E-state index in [0.29, 0.717) is 5.69 Å². The molecule has 33 heavy (non-hydrogen) atoms. The van der Waals surface area contributed by atoms with E-state index in [4.69, 9.17) is 0 Å². The molecule has 0 aliphatic carbocycles. The lowest BCUT2D eigenvalue weighted by Gasteiger charge is -2.31. The van der Waals surface area contributed by atoms with E-state index in [0.717, 1.165) is 16.1 Å². The van der Waals surface area contributed by atoms with Crippen LogP contribution in [0.1, 0.15) is 38.8 Å². The number of carbonyl (C=O) groups is 2. The molecule has 1 N–H and O–H groups in total. The van der Waals surface area contributed by atoms with Crippen molar-refractivity contribution in [3.05, 3.63) is 65.5 Å². The standard InChI is InChI=1S/C24H32FN3O4S/c1-17(23(30)26-5)27(15-18-9-7-8-10-21(18)25)22(29)16-28(33(6,31)32)20-13-11-19(12-14-20)24(2,3)4/h7-14,17H,15-16H2,1-6H3,(H,26,30). The Morgan fingerprint density at radius 1 is 1.06 bits per heavy atom. The maximum atomic E-state index is 14.3. The largest absolute Gasteiger partial charge is 0.357 e. The van der Waals surface area contributed by atoms with Crippen molar-refractivity contribution >= 4 is 27.5 Å². The van der Waals surface area contributed by atoms with Crippen molar-refractivity contribution in [1.29, 1.82) is 0 Å². The lowest BCUT2D eigenvalue weighted by Crippen LogP contribution is -2.50. The van der Waals surface area contributed by atoms with Crippen LogP contribution >= 0.6 is 0 Å². The lowest BCUT2D eigenvalue weighted by atomic mass is 9.87. The minimum Gasteiger partial charge on any atom is -0.357 e. The van der Waals surface area contributed by atoms with Crippen molar-refractivity contribution in [2.45, 2.75) is 45.7 Å². The van der Waals surface area contributed by atoms with E-state index in [1.165, 1.54) is 37.1 Å². The summed E-state index contributed by atoms with van der Waals surface area (Å²) in [7, 11) is -2.38. The zero-order valence-electron chi connectivity index (χ0n) is 19.9. The second-order valence-corrected chi connectivity index (χ2v) is 10.9. The summed E-state index contributed by atoms with van der Waals surface area (Å²) in [6.45, 7) is 6.94. The zero-order chi connectivity index (χ0) is 25.0.